The number of hydrogen-bond acceptors (Lipinski definition) is 2. The highest BCUT2D eigenvalue weighted by molar-refractivity contribution is 6.31. The van der Waals surface area contributed by atoms with Gasteiger partial charge < -0.3 is 5.11 Å². The molecule has 1 aromatic rings. The Bertz CT molecular complexity index is 421. The largest absolute Gasteiger partial charge is 0.393 e. The predicted molar refractivity (Wildman–Crippen MR) is 80.5 cm³/mol. The van der Waals surface area contributed by atoms with E-state index in [9.17, 15) is 5.11 Å². The van der Waals surface area contributed by atoms with E-state index >= 15 is 0 Å². The van der Waals surface area contributed by atoms with Crippen LogP contribution in [0.5, 0.6) is 0 Å². The molecule has 4 heteroatoms. The zero-order chi connectivity index (χ0) is 14.8. The first-order chi connectivity index (χ1) is 8.66. The third-order valence-electron chi connectivity index (χ3n) is 4.04. The molecule has 0 bridgehead atoms. The minimum Gasteiger partial charge on any atom is -0.393 e. The minimum absolute atomic E-state index is 0.214. The third kappa shape index (κ3) is 4.22. The van der Waals surface area contributed by atoms with Crippen molar-refractivity contribution in [2.75, 3.05) is 0 Å². The van der Waals surface area contributed by atoms with Crippen LogP contribution >= 0.6 is 11.6 Å². The number of nitrogens with zero attached hydrogens (tertiary/aromatic N) is 2. The Labute approximate surface area is 122 Å². The molecule has 3 nitrogen and oxygen atoms in total. The summed E-state index contributed by atoms with van der Waals surface area (Å²) in [6.07, 6.45) is 1.81. The number of aliphatic hydroxyl groups is 1. The van der Waals surface area contributed by atoms with Crippen molar-refractivity contribution in [2.24, 2.45) is 18.4 Å². The zero-order valence-electron chi connectivity index (χ0n) is 13.0. The lowest BCUT2D eigenvalue weighted by Crippen LogP contribution is -2.24. The van der Waals surface area contributed by atoms with E-state index in [1.165, 1.54) is 0 Å². The molecule has 0 aromatic carbocycles. The maximum absolute atomic E-state index is 10.3. The molecule has 0 aliphatic carbocycles. The summed E-state index contributed by atoms with van der Waals surface area (Å²) in [5, 5.41) is 15.4. The Morgan fingerprint density at radius 3 is 2.37 bits per heavy atom. The standard InChI is InChI=1S/C15H27ClN2O/c1-7-12-14(16)13(18(6)17-12)9-11(19)8-10(2)15(3,4)5/h10-11,19H,7-9H2,1-6H3. The lowest BCUT2D eigenvalue weighted by Gasteiger charge is -2.29. The van der Waals surface area contributed by atoms with Gasteiger partial charge in [-0.15, -0.1) is 0 Å². The molecule has 1 heterocycles. The molecule has 0 radical (unpaired) electrons. The molecule has 0 spiro atoms. The van der Waals surface area contributed by atoms with Crippen molar-refractivity contribution in [1.82, 2.24) is 9.78 Å². The van der Waals surface area contributed by atoms with Gasteiger partial charge in [0.25, 0.3) is 0 Å². The van der Waals surface area contributed by atoms with E-state index < -0.39 is 0 Å². The van der Waals surface area contributed by atoms with Crippen LogP contribution in [0.4, 0.5) is 0 Å². The Hall–Kier alpha value is -0.540. The van der Waals surface area contributed by atoms with Gasteiger partial charge in [0.05, 0.1) is 22.5 Å². The Morgan fingerprint density at radius 2 is 1.95 bits per heavy atom. The monoisotopic (exact) mass is 286 g/mol. The lowest BCUT2D eigenvalue weighted by molar-refractivity contribution is 0.109. The SMILES string of the molecule is CCc1nn(C)c(CC(O)CC(C)C(C)(C)C)c1Cl. The van der Waals surface area contributed by atoms with Crippen molar-refractivity contribution < 1.29 is 5.11 Å². The fraction of sp³-hybridized carbons (Fsp3) is 0.800. The normalized spacial score (nSPS) is 15.6. The van der Waals surface area contributed by atoms with Crippen LogP contribution in [-0.2, 0) is 19.9 Å². The molecule has 1 rings (SSSR count). The summed E-state index contributed by atoms with van der Waals surface area (Å²) in [5.74, 6) is 0.458. The third-order valence-corrected chi connectivity index (χ3v) is 4.47. The number of aliphatic hydroxyl groups excluding tert-OH is 1. The van der Waals surface area contributed by atoms with Crippen molar-refractivity contribution in [3.05, 3.63) is 16.4 Å². The smallest absolute Gasteiger partial charge is 0.0850 e. The molecule has 19 heavy (non-hydrogen) atoms. The number of hydrogen-bond donors (Lipinski definition) is 1. The summed E-state index contributed by atoms with van der Waals surface area (Å²) >= 11 is 6.31. The number of aromatic nitrogens is 2. The Morgan fingerprint density at radius 1 is 1.37 bits per heavy atom. The van der Waals surface area contributed by atoms with Gasteiger partial charge in [-0.3, -0.25) is 4.68 Å². The van der Waals surface area contributed by atoms with Gasteiger partial charge in [-0.1, -0.05) is 46.2 Å². The van der Waals surface area contributed by atoms with E-state index in [0.717, 1.165) is 24.2 Å². The minimum atomic E-state index is -0.369. The first kappa shape index (κ1) is 16.5. The van der Waals surface area contributed by atoms with Crippen LogP contribution in [0.15, 0.2) is 0 Å². The second-order valence-electron chi connectivity index (χ2n) is 6.55. The molecule has 1 aromatic heterocycles. The molecular weight excluding hydrogens is 260 g/mol. The highest BCUT2D eigenvalue weighted by atomic mass is 35.5. The average Bonchev–Trinajstić information content (AvgIpc) is 2.55. The van der Waals surface area contributed by atoms with Gasteiger partial charge in [-0.25, -0.2) is 0 Å². The van der Waals surface area contributed by atoms with Crippen molar-refractivity contribution in [3.8, 4) is 0 Å². The van der Waals surface area contributed by atoms with Crippen LogP contribution in [0.1, 0.15) is 52.4 Å². The van der Waals surface area contributed by atoms with Crippen LogP contribution in [0.3, 0.4) is 0 Å². The van der Waals surface area contributed by atoms with Crippen LogP contribution in [0.25, 0.3) is 0 Å². The molecular formula is C15H27ClN2O. The van der Waals surface area contributed by atoms with Gasteiger partial charge in [-0.2, -0.15) is 5.10 Å². The van der Waals surface area contributed by atoms with E-state index in [1.807, 2.05) is 14.0 Å². The molecule has 0 amide bonds. The van der Waals surface area contributed by atoms with Gasteiger partial charge in [0, 0.05) is 13.5 Å². The number of rotatable bonds is 5. The van der Waals surface area contributed by atoms with Crippen molar-refractivity contribution in [2.45, 2.75) is 60.0 Å². The van der Waals surface area contributed by atoms with Crippen molar-refractivity contribution >= 4 is 11.6 Å². The van der Waals surface area contributed by atoms with Crippen molar-refractivity contribution in [3.63, 3.8) is 0 Å². The number of aryl methyl sites for hydroxylation is 2. The second kappa shape index (κ2) is 6.27. The summed E-state index contributed by atoms with van der Waals surface area (Å²) in [4.78, 5) is 0. The van der Waals surface area contributed by atoms with Gasteiger partial charge in [0.15, 0.2) is 0 Å². The molecule has 1 N–H and O–H groups in total. The highest BCUT2D eigenvalue weighted by Gasteiger charge is 2.24. The molecule has 0 saturated carbocycles. The summed E-state index contributed by atoms with van der Waals surface area (Å²) in [6.45, 7) is 10.8. The molecule has 0 aliphatic heterocycles. The molecule has 0 aliphatic rings. The zero-order valence-corrected chi connectivity index (χ0v) is 13.8. The average molecular weight is 287 g/mol. The van der Waals surface area contributed by atoms with Gasteiger partial charge in [0.1, 0.15) is 0 Å². The predicted octanol–water partition coefficient (Wildman–Crippen LogP) is 3.61. The Balaban J connectivity index is 2.72. The maximum Gasteiger partial charge on any atom is 0.0850 e. The maximum atomic E-state index is 10.3. The fourth-order valence-electron chi connectivity index (χ4n) is 2.11. The van der Waals surface area contributed by atoms with Crippen LogP contribution in [0.2, 0.25) is 5.02 Å². The fourth-order valence-corrected chi connectivity index (χ4v) is 2.48. The summed E-state index contributed by atoms with van der Waals surface area (Å²) in [5.41, 5.74) is 2.06. The summed E-state index contributed by atoms with van der Waals surface area (Å²) in [6, 6.07) is 0. The van der Waals surface area contributed by atoms with Crippen LogP contribution in [-0.4, -0.2) is 21.0 Å². The molecule has 0 saturated heterocycles. The van der Waals surface area contributed by atoms with E-state index in [4.69, 9.17) is 11.6 Å². The van der Waals surface area contributed by atoms with Gasteiger partial charge in [-0.05, 0) is 24.2 Å². The van der Waals surface area contributed by atoms with Crippen LogP contribution in [0, 0.1) is 11.3 Å². The quantitative estimate of drug-likeness (QED) is 0.898. The highest BCUT2D eigenvalue weighted by Crippen LogP contribution is 2.30. The van der Waals surface area contributed by atoms with E-state index in [2.05, 4.69) is 32.8 Å². The van der Waals surface area contributed by atoms with E-state index in [-0.39, 0.29) is 11.5 Å². The lowest BCUT2D eigenvalue weighted by atomic mass is 9.78. The molecule has 2 unspecified atom stereocenters. The Kier molecular flexibility index (Phi) is 5.45. The topological polar surface area (TPSA) is 38.0 Å². The summed E-state index contributed by atoms with van der Waals surface area (Å²) < 4.78 is 1.80. The molecule has 110 valence electrons. The van der Waals surface area contributed by atoms with E-state index in [1.54, 1.807) is 4.68 Å². The summed E-state index contributed by atoms with van der Waals surface area (Å²) in [7, 11) is 1.89. The number of halogens is 1. The first-order valence-corrected chi connectivity index (χ1v) is 7.42. The van der Waals surface area contributed by atoms with Gasteiger partial charge in [0.2, 0.25) is 0 Å². The second-order valence-corrected chi connectivity index (χ2v) is 6.92. The first-order valence-electron chi connectivity index (χ1n) is 7.05. The van der Waals surface area contributed by atoms with E-state index in [0.29, 0.717) is 17.4 Å². The van der Waals surface area contributed by atoms with Crippen molar-refractivity contribution in [1.29, 1.82) is 0 Å². The molecule has 0 fully saturated rings. The van der Waals surface area contributed by atoms with Gasteiger partial charge >= 0.3 is 0 Å². The van der Waals surface area contributed by atoms with Crippen LogP contribution < -0.4 is 0 Å². The molecule has 2 atom stereocenters.